The van der Waals surface area contributed by atoms with E-state index in [2.05, 4.69) is 32.9 Å². The van der Waals surface area contributed by atoms with E-state index in [-0.39, 0.29) is 40.8 Å². The lowest BCUT2D eigenvalue weighted by atomic mass is 9.51. The molecule has 2 saturated heterocycles. The molecule has 6 rings (SSSR count). The van der Waals surface area contributed by atoms with E-state index in [0.29, 0.717) is 18.8 Å². The highest BCUT2D eigenvalue weighted by Crippen LogP contribution is 2.65. The molecule has 4 fully saturated rings. The first kappa shape index (κ1) is 36.4. The fourth-order valence-electron chi connectivity index (χ4n) is 11.0. The van der Waals surface area contributed by atoms with Crippen LogP contribution in [0.1, 0.15) is 93.4 Å². The van der Waals surface area contributed by atoms with Crippen LogP contribution in [-0.2, 0) is 23.7 Å². The van der Waals surface area contributed by atoms with Crippen LogP contribution in [0.2, 0.25) is 0 Å². The number of carbonyl (C=O) groups excluding carboxylic acids is 1. The Labute approximate surface area is 284 Å². The van der Waals surface area contributed by atoms with Crippen LogP contribution < -0.4 is 0 Å². The summed E-state index contributed by atoms with van der Waals surface area (Å²) in [5.41, 5.74) is 0.235. The summed E-state index contributed by atoms with van der Waals surface area (Å²) < 4.78 is 23.7. The zero-order valence-corrected chi connectivity index (χ0v) is 29.5. The molecular weight excluding hydrogens is 620 g/mol. The van der Waals surface area contributed by atoms with Crippen molar-refractivity contribution in [3.05, 3.63) is 23.3 Å². The van der Waals surface area contributed by atoms with Crippen molar-refractivity contribution in [1.29, 1.82) is 0 Å². The quantitative estimate of drug-likeness (QED) is 0.156. The van der Waals surface area contributed by atoms with Crippen LogP contribution >= 0.6 is 0 Å². The molecule has 48 heavy (non-hydrogen) atoms. The average molecular weight is 679 g/mol. The normalized spacial score (nSPS) is 48.3. The maximum Gasteiger partial charge on any atom is 0.303 e. The van der Waals surface area contributed by atoms with Crippen LogP contribution in [0.25, 0.3) is 0 Å². The summed E-state index contributed by atoms with van der Waals surface area (Å²) in [5.74, 6) is 0.0213. The molecule has 6 aliphatic rings. The Morgan fingerprint density at radius 3 is 2.40 bits per heavy atom. The molecule has 2 aliphatic heterocycles. The van der Waals surface area contributed by atoms with Gasteiger partial charge in [0.1, 0.15) is 30.5 Å². The fraction of sp³-hybridized carbons (Fsp3) is 0.865. The fourth-order valence-corrected chi connectivity index (χ4v) is 11.0. The van der Waals surface area contributed by atoms with E-state index in [1.54, 1.807) is 13.8 Å². The van der Waals surface area contributed by atoms with E-state index in [0.717, 1.165) is 32.1 Å². The van der Waals surface area contributed by atoms with E-state index in [9.17, 15) is 35.4 Å². The topological polar surface area (TPSA) is 179 Å². The highest BCUT2D eigenvalue weighted by molar-refractivity contribution is 5.66. The second kappa shape index (κ2) is 12.7. The zero-order valence-electron chi connectivity index (χ0n) is 29.5. The molecule has 0 aromatic rings. The van der Waals surface area contributed by atoms with Gasteiger partial charge < -0.3 is 49.6 Å². The van der Waals surface area contributed by atoms with E-state index in [1.165, 1.54) is 18.1 Å². The number of aliphatic hydroxyl groups excluding tert-OH is 5. The van der Waals surface area contributed by atoms with Gasteiger partial charge in [0.15, 0.2) is 11.9 Å². The lowest BCUT2D eigenvalue weighted by molar-refractivity contribution is -0.314. The Hall–Kier alpha value is -1.41. The maximum absolute atomic E-state index is 12.2. The molecule has 16 atom stereocenters. The van der Waals surface area contributed by atoms with Gasteiger partial charge in [0.05, 0.1) is 30.5 Å². The highest BCUT2D eigenvalue weighted by atomic mass is 16.7. The second-order valence-corrected chi connectivity index (χ2v) is 16.9. The Morgan fingerprint density at radius 1 is 1.10 bits per heavy atom. The summed E-state index contributed by atoms with van der Waals surface area (Å²) in [6, 6.07) is 0. The van der Waals surface area contributed by atoms with Gasteiger partial charge in [0, 0.05) is 6.92 Å². The number of fused-ring (bicyclic) bond motifs is 5. The molecule has 2 heterocycles. The third-order valence-corrected chi connectivity index (χ3v) is 13.6. The first-order chi connectivity index (χ1) is 22.4. The van der Waals surface area contributed by atoms with Crippen LogP contribution in [0.4, 0.5) is 0 Å². The first-order valence-corrected chi connectivity index (χ1v) is 18.0. The molecule has 4 aliphatic carbocycles. The van der Waals surface area contributed by atoms with Gasteiger partial charge in [-0.15, -0.1) is 0 Å². The highest BCUT2D eigenvalue weighted by Gasteiger charge is 2.69. The Morgan fingerprint density at radius 2 is 1.79 bits per heavy atom. The van der Waals surface area contributed by atoms with E-state index in [4.69, 9.17) is 18.9 Å². The van der Waals surface area contributed by atoms with Gasteiger partial charge in [-0.25, -0.2) is 0 Å². The second-order valence-electron chi connectivity index (χ2n) is 16.9. The van der Waals surface area contributed by atoms with E-state index < -0.39 is 66.7 Å². The minimum Gasteiger partial charge on any atom is -0.459 e. The lowest BCUT2D eigenvalue weighted by Crippen LogP contribution is -2.60. The van der Waals surface area contributed by atoms with Crippen molar-refractivity contribution >= 4 is 5.97 Å². The number of ether oxygens (including phenoxy) is 4. The van der Waals surface area contributed by atoms with Gasteiger partial charge in [0.25, 0.3) is 0 Å². The third-order valence-electron chi connectivity index (χ3n) is 13.6. The van der Waals surface area contributed by atoms with Crippen molar-refractivity contribution in [2.75, 3.05) is 6.61 Å². The summed E-state index contributed by atoms with van der Waals surface area (Å²) in [4.78, 5) is 12.2. The van der Waals surface area contributed by atoms with Gasteiger partial charge in [-0.05, 0) is 111 Å². The minimum absolute atomic E-state index is 0.00698. The molecule has 0 spiro atoms. The maximum atomic E-state index is 12.2. The SMILES string of the molecule is CC(=O)OC(CC(C)C1C(O)CC2C3=CCC4CC(OC5OC(CO)C(O)C(O)C5O)CCC4(C)C3=CCC21C)C1(C(C)(C)O)OC1C. The molecule has 11 heteroatoms. The molecule has 272 valence electrons. The first-order valence-electron chi connectivity index (χ1n) is 18.0. The average Bonchev–Trinajstić information content (AvgIpc) is 3.62. The number of aliphatic hydroxyl groups is 6. The number of esters is 1. The van der Waals surface area contributed by atoms with Crippen LogP contribution in [0.5, 0.6) is 0 Å². The monoisotopic (exact) mass is 678 g/mol. The molecule has 2 saturated carbocycles. The smallest absolute Gasteiger partial charge is 0.303 e. The van der Waals surface area contributed by atoms with Crippen molar-refractivity contribution in [2.45, 2.75) is 160 Å². The number of epoxide rings is 1. The van der Waals surface area contributed by atoms with E-state index in [1.807, 2.05) is 6.92 Å². The molecule has 0 aromatic carbocycles. The Balaban J connectivity index is 1.17. The standard InChI is InChI=1S/C37H58O11/c1-18(14-28(45-20(3)39)37(19(2)48-37)34(4,5)44)29-26(40)16-25-23-9-8-21-15-22(10-12-35(21,6)24(23)11-13-36(25,29)7)46-33-32(43)31(42)30(41)27(17-38)47-33/h9,11,18-19,21-22,25-33,38,40-44H,8,10,12-17H2,1-7H3. The number of carbonyl (C=O) groups is 1. The summed E-state index contributed by atoms with van der Waals surface area (Å²) in [7, 11) is 0. The molecule has 0 bridgehead atoms. The van der Waals surface area contributed by atoms with Crippen LogP contribution in [-0.4, -0.2) is 110 Å². The number of hydrogen-bond acceptors (Lipinski definition) is 11. The predicted octanol–water partition coefficient (Wildman–Crippen LogP) is 2.53. The summed E-state index contributed by atoms with van der Waals surface area (Å²) in [5, 5.41) is 63.3. The van der Waals surface area contributed by atoms with Crippen LogP contribution in [0, 0.1) is 34.5 Å². The van der Waals surface area contributed by atoms with Gasteiger partial charge in [-0.3, -0.25) is 4.79 Å². The van der Waals surface area contributed by atoms with Crippen molar-refractivity contribution < 1.29 is 54.4 Å². The minimum atomic E-state index is -1.47. The van der Waals surface area contributed by atoms with Gasteiger partial charge in [0.2, 0.25) is 0 Å². The largest absolute Gasteiger partial charge is 0.459 e. The number of allylic oxidation sites excluding steroid dienone is 4. The van der Waals surface area contributed by atoms with Crippen LogP contribution in [0.3, 0.4) is 0 Å². The van der Waals surface area contributed by atoms with Crippen molar-refractivity contribution in [3.63, 3.8) is 0 Å². The van der Waals surface area contributed by atoms with Crippen molar-refractivity contribution in [3.8, 4) is 0 Å². The molecule has 0 amide bonds. The molecule has 6 N–H and O–H groups in total. The number of hydrogen-bond donors (Lipinski definition) is 6. The molecule has 0 radical (unpaired) electrons. The summed E-state index contributed by atoms with van der Waals surface area (Å²) in [6.07, 6.45) is 1.88. The molecule has 11 nitrogen and oxygen atoms in total. The van der Waals surface area contributed by atoms with E-state index >= 15 is 0 Å². The Kier molecular flexibility index (Phi) is 9.60. The summed E-state index contributed by atoms with van der Waals surface area (Å²) in [6.45, 7) is 13.0. The summed E-state index contributed by atoms with van der Waals surface area (Å²) >= 11 is 0. The van der Waals surface area contributed by atoms with Crippen molar-refractivity contribution in [1.82, 2.24) is 0 Å². The molecular formula is C37H58O11. The third kappa shape index (κ3) is 5.73. The van der Waals surface area contributed by atoms with Crippen molar-refractivity contribution in [2.24, 2.45) is 34.5 Å². The van der Waals surface area contributed by atoms with Crippen LogP contribution in [0.15, 0.2) is 23.3 Å². The molecule has 16 unspecified atom stereocenters. The lowest BCUT2D eigenvalue weighted by Gasteiger charge is -2.54. The predicted molar refractivity (Wildman–Crippen MR) is 174 cm³/mol. The zero-order chi connectivity index (χ0) is 35.1. The van der Waals surface area contributed by atoms with Gasteiger partial charge >= 0.3 is 5.97 Å². The molecule has 0 aromatic heterocycles. The Bertz CT molecular complexity index is 1290. The van der Waals surface area contributed by atoms with Gasteiger partial charge in [-0.1, -0.05) is 32.9 Å². The number of rotatable bonds is 9. The van der Waals surface area contributed by atoms with Gasteiger partial charge in [-0.2, -0.15) is 0 Å².